The molecule has 162 valence electrons. The van der Waals surface area contributed by atoms with Crippen molar-refractivity contribution in [1.29, 1.82) is 0 Å². The smallest absolute Gasteiger partial charge is 0.268 e. The highest BCUT2D eigenvalue weighted by Crippen LogP contribution is 2.34. The van der Waals surface area contributed by atoms with Gasteiger partial charge in [-0.05, 0) is 67.1 Å². The number of aromatic nitrogens is 1. The largest absolute Gasteiger partial charge is 0.293 e. The van der Waals surface area contributed by atoms with Crippen molar-refractivity contribution in [3.05, 3.63) is 98.7 Å². The number of thioether (sulfide) groups is 1. The molecular formula is C24H20ClN3O3S. The molecule has 1 fully saturated rings. The SMILES string of the molecule is Cc1cc(/C=C2\SC(=O)N(Cc3ccccc3Cl)C2=O)c(C)n1NC(=O)c1ccccc1. The van der Waals surface area contributed by atoms with Gasteiger partial charge < -0.3 is 0 Å². The van der Waals surface area contributed by atoms with Gasteiger partial charge in [0.2, 0.25) is 0 Å². The van der Waals surface area contributed by atoms with Crippen LogP contribution in [0.1, 0.15) is 32.9 Å². The number of nitrogens with zero attached hydrogens (tertiary/aromatic N) is 2. The van der Waals surface area contributed by atoms with Gasteiger partial charge in [0.25, 0.3) is 17.1 Å². The lowest BCUT2D eigenvalue weighted by Crippen LogP contribution is -2.27. The monoisotopic (exact) mass is 465 g/mol. The molecule has 0 aliphatic carbocycles. The Hall–Kier alpha value is -3.29. The summed E-state index contributed by atoms with van der Waals surface area (Å²) in [5.74, 6) is -0.600. The third-order valence-corrected chi connectivity index (χ3v) is 6.44. The number of carbonyl (C=O) groups is 3. The van der Waals surface area contributed by atoms with Gasteiger partial charge >= 0.3 is 0 Å². The van der Waals surface area contributed by atoms with Gasteiger partial charge in [0.15, 0.2) is 0 Å². The fourth-order valence-electron chi connectivity index (χ4n) is 3.44. The van der Waals surface area contributed by atoms with E-state index in [0.717, 1.165) is 28.7 Å². The van der Waals surface area contributed by atoms with Crippen LogP contribution in [0.15, 0.2) is 65.6 Å². The Balaban J connectivity index is 1.56. The minimum atomic E-state index is -0.363. The summed E-state index contributed by atoms with van der Waals surface area (Å²) < 4.78 is 1.68. The van der Waals surface area contributed by atoms with E-state index in [1.807, 2.05) is 32.0 Å². The summed E-state index contributed by atoms with van der Waals surface area (Å²) in [5.41, 5.74) is 6.43. The summed E-state index contributed by atoms with van der Waals surface area (Å²) in [4.78, 5) is 39.4. The number of hydrogen-bond acceptors (Lipinski definition) is 4. The number of rotatable bonds is 5. The Morgan fingerprint density at radius 2 is 1.75 bits per heavy atom. The average molecular weight is 466 g/mol. The second-order valence-electron chi connectivity index (χ2n) is 7.33. The van der Waals surface area contributed by atoms with Crippen molar-refractivity contribution in [2.75, 3.05) is 5.43 Å². The molecule has 1 aliphatic heterocycles. The fraction of sp³-hybridized carbons (Fsp3) is 0.125. The second-order valence-corrected chi connectivity index (χ2v) is 8.73. The van der Waals surface area contributed by atoms with E-state index in [9.17, 15) is 14.4 Å². The van der Waals surface area contributed by atoms with E-state index in [2.05, 4.69) is 5.43 Å². The van der Waals surface area contributed by atoms with Crippen LogP contribution in [0.4, 0.5) is 4.79 Å². The topological polar surface area (TPSA) is 71.4 Å². The molecule has 1 aromatic heterocycles. The Labute approximate surface area is 194 Å². The molecule has 0 bridgehead atoms. The molecule has 32 heavy (non-hydrogen) atoms. The number of halogens is 1. The van der Waals surface area contributed by atoms with E-state index < -0.39 is 0 Å². The molecule has 3 aromatic rings. The fourth-order valence-corrected chi connectivity index (χ4v) is 4.46. The number of benzene rings is 2. The van der Waals surface area contributed by atoms with Crippen LogP contribution >= 0.6 is 23.4 Å². The van der Waals surface area contributed by atoms with Crippen LogP contribution in [0.5, 0.6) is 0 Å². The van der Waals surface area contributed by atoms with Crippen molar-refractivity contribution < 1.29 is 14.4 Å². The molecule has 4 rings (SSSR count). The molecule has 0 spiro atoms. The number of aryl methyl sites for hydroxylation is 1. The van der Waals surface area contributed by atoms with Crippen molar-refractivity contribution >= 4 is 46.5 Å². The third kappa shape index (κ3) is 4.35. The highest BCUT2D eigenvalue weighted by molar-refractivity contribution is 8.18. The number of carbonyl (C=O) groups excluding carboxylic acids is 3. The summed E-state index contributed by atoms with van der Waals surface area (Å²) in [6.07, 6.45) is 1.69. The van der Waals surface area contributed by atoms with E-state index in [1.54, 1.807) is 53.2 Å². The summed E-state index contributed by atoms with van der Waals surface area (Å²) in [6.45, 7) is 3.82. The van der Waals surface area contributed by atoms with Gasteiger partial charge in [-0.15, -0.1) is 0 Å². The number of amides is 3. The maximum atomic E-state index is 12.9. The van der Waals surface area contributed by atoms with Gasteiger partial charge in [0, 0.05) is 22.0 Å². The average Bonchev–Trinajstić information content (AvgIpc) is 3.20. The molecule has 2 heterocycles. The normalized spacial score (nSPS) is 15.0. The quantitative estimate of drug-likeness (QED) is 0.513. The Bertz CT molecular complexity index is 1250. The maximum Gasteiger partial charge on any atom is 0.293 e. The standard InChI is InChI=1S/C24H20ClN3O3S/c1-15-12-19(16(2)28(15)26-22(29)17-8-4-3-5-9-17)13-21-23(30)27(24(31)32-21)14-18-10-6-7-11-20(18)25/h3-13H,14H2,1-2H3,(H,26,29)/b21-13-. The minimum Gasteiger partial charge on any atom is -0.268 e. The summed E-state index contributed by atoms with van der Waals surface area (Å²) in [7, 11) is 0. The lowest BCUT2D eigenvalue weighted by molar-refractivity contribution is -0.123. The van der Waals surface area contributed by atoms with Crippen LogP contribution < -0.4 is 5.43 Å². The van der Waals surface area contributed by atoms with Gasteiger partial charge in [-0.25, -0.2) is 0 Å². The summed E-state index contributed by atoms with van der Waals surface area (Å²) in [5, 5.41) is 0.167. The first-order valence-corrected chi connectivity index (χ1v) is 11.1. The molecule has 0 saturated carbocycles. The highest BCUT2D eigenvalue weighted by atomic mass is 35.5. The molecule has 3 amide bonds. The van der Waals surface area contributed by atoms with Gasteiger partial charge in [-0.2, -0.15) is 0 Å². The van der Waals surface area contributed by atoms with Crippen LogP contribution in [-0.2, 0) is 11.3 Å². The highest BCUT2D eigenvalue weighted by Gasteiger charge is 2.35. The molecule has 2 aromatic carbocycles. The summed E-state index contributed by atoms with van der Waals surface area (Å²) >= 11 is 7.08. The van der Waals surface area contributed by atoms with Crippen LogP contribution in [0.3, 0.4) is 0 Å². The minimum absolute atomic E-state index is 0.119. The van der Waals surface area contributed by atoms with Gasteiger partial charge in [-0.1, -0.05) is 48.0 Å². The van der Waals surface area contributed by atoms with Crippen molar-refractivity contribution in [3.63, 3.8) is 0 Å². The van der Waals surface area contributed by atoms with Crippen LogP contribution in [0.25, 0.3) is 6.08 Å². The number of hydrogen-bond donors (Lipinski definition) is 1. The molecule has 1 N–H and O–H groups in total. The lowest BCUT2D eigenvalue weighted by atomic mass is 10.2. The van der Waals surface area contributed by atoms with E-state index in [0.29, 0.717) is 21.1 Å². The van der Waals surface area contributed by atoms with E-state index >= 15 is 0 Å². The van der Waals surface area contributed by atoms with Gasteiger partial charge in [0.1, 0.15) is 0 Å². The number of nitrogens with one attached hydrogen (secondary N) is 1. The van der Waals surface area contributed by atoms with Crippen LogP contribution in [-0.4, -0.2) is 26.6 Å². The Morgan fingerprint density at radius 1 is 1.06 bits per heavy atom. The van der Waals surface area contributed by atoms with Crippen LogP contribution in [0.2, 0.25) is 5.02 Å². The van der Waals surface area contributed by atoms with Gasteiger partial charge in [-0.3, -0.25) is 29.4 Å². The first-order valence-electron chi connectivity index (χ1n) is 9.89. The first kappa shape index (κ1) is 21.9. The zero-order valence-corrected chi connectivity index (χ0v) is 19.0. The van der Waals surface area contributed by atoms with E-state index in [4.69, 9.17) is 11.6 Å². The Morgan fingerprint density at radius 3 is 2.47 bits per heavy atom. The Kier molecular flexibility index (Phi) is 6.21. The molecule has 6 nitrogen and oxygen atoms in total. The predicted octanol–water partition coefficient (Wildman–Crippen LogP) is 5.38. The lowest BCUT2D eigenvalue weighted by Gasteiger charge is -2.13. The molecule has 0 unspecified atom stereocenters. The summed E-state index contributed by atoms with van der Waals surface area (Å²) in [6, 6.07) is 17.9. The molecular weight excluding hydrogens is 446 g/mol. The third-order valence-electron chi connectivity index (χ3n) is 5.17. The van der Waals surface area contributed by atoms with Crippen LogP contribution in [0, 0.1) is 13.8 Å². The molecule has 1 aliphatic rings. The van der Waals surface area contributed by atoms with Crippen molar-refractivity contribution in [2.45, 2.75) is 20.4 Å². The predicted molar refractivity (Wildman–Crippen MR) is 127 cm³/mol. The van der Waals surface area contributed by atoms with Crippen molar-refractivity contribution in [3.8, 4) is 0 Å². The van der Waals surface area contributed by atoms with E-state index in [1.165, 1.54) is 4.90 Å². The van der Waals surface area contributed by atoms with Crippen molar-refractivity contribution in [1.82, 2.24) is 9.58 Å². The molecule has 0 atom stereocenters. The zero-order chi connectivity index (χ0) is 22.8. The molecule has 1 saturated heterocycles. The zero-order valence-electron chi connectivity index (χ0n) is 17.5. The molecule has 8 heteroatoms. The first-order chi connectivity index (χ1) is 15.3. The van der Waals surface area contributed by atoms with Gasteiger partial charge in [0.05, 0.1) is 11.4 Å². The molecule has 0 radical (unpaired) electrons. The second kappa shape index (κ2) is 9.06. The number of imide groups is 1. The van der Waals surface area contributed by atoms with Crippen molar-refractivity contribution in [2.24, 2.45) is 0 Å². The maximum absolute atomic E-state index is 12.9. The van der Waals surface area contributed by atoms with E-state index in [-0.39, 0.29) is 23.6 Å².